The smallest absolute Gasteiger partial charge is 0.132 e. The largest absolute Gasteiger partial charge is 0.744 e. The van der Waals surface area contributed by atoms with Gasteiger partial charge in [-0.2, -0.15) is 0 Å². The first-order chi connectivity index (χ1) is 21.3. The van der Waals surface area contributed by atoms with E-state index in [4.69, 9.17) is 0 Å². The second-order valence-electron chi connectivity index (χ2n) is 12.8. The molecule has 10 heteroatoms. The molecule has 0 aliphatic rings. The SMILES string of the molecule is CCC(c1ccc([N+](C)(C)C)cc1)C(CC)c1ccc([N+](C)(C)C)cc1.O=S(=O)([O-])c1ccccc1.O=S(=O)([O-])c1ccccc1. The molecule has 4 aromatic carbocycles. The molecule has 0 aliphatic heterocycles. The minimum absolute atomic E-state index is 0.185. The van der Waals surface area contributed by atoms with Gasteiger partial charge in [0.2, 0.25) is 0 Å². The molecule has 4 aromatic rings. The molecule has 0 amide bonds. The average Bonchev–Trinajstić information content (AvgIpc) is 3.00. The molecule has 0 N–H and O–H groups in total. The van der Waals surface area contributed by atoms with Crippen molar-refractivity contribution in [3.63, 3.8) is 0 Å². The Labute approximate surface area is 276 Å². The van der Waals surface area contributed by atoms with E-state index >= 15 is 0 Å². The van der Waals surface area contributed by atoms with Crippen molar-refractivity contribution in [1.29, 1.82) is 0 Å². The Morgan fingerprint density at radius 1 is 0.478 bits per heavy atom. The third kappa shape index (κ3) is 12.1. The predicted octanol–water partition coefficient (Wildman–Crippen LogP) is 6.95. The van der Waals surface area contributed by atoms with Gasteiger partial charge in [0.15, 0.2) is 0 Å². The first-order valence-electron chi connectivity index (χ1n) is 15.1. The van der Waals surface area contributed by atoms with Crippen molar-refractivity contribution in [2.75, 3.05) is 42.3 Å². The van der Waals surface area contributed by atoms with Gasteiger partial charge in [0.1, 0.15) is 31.6 Å². The summed E-state index contributed by atoms with van der Waals surface area (Å²) in [5.41, 5.74) is 5.63. The van der Waals surface area contributed by atoms with E-state index in [0.29, 0.717) is 11.8 Å². The lowest BCUT2D eigenvalue weighted by atomic mass is 9.78. The Morgan fingerprint density at radius 3 is 0.913 bits per heavy atom. The molecule has 250 valence electrons. The van der Waals surface area contributed by atoms with Gasteiger partial charge in [-0.25, -0.2) is 16.8 Å². The van der Waals surface area contributed by atoms with Gasteiger partial charge < -0.3 is 9.11 Å². The summed E-state index contributed by atoms with van der Waals surface area (Å²) < 4.78 is 63.4. The maximum Gasteiger partial charge on any atom is 0.132 e. The van der Waals surface area contributed by atoms with Gasteiger partial charge in [-0.05, 0) is 84.3 Å². The third-order valence-corrected chi connectivity index (χ3v) is 9.32. The van der Waals surface area contributed by atoms with Crippen LogP contribution in [0.4, 0.5) is 11.4 Å². The molecule has 0 aromatic heterocycles. The van der Waals surface area contributed by atoms with Crippen LogP contribution in [-0.2, 0) is 20.2 Å². The highest BCUT2D eigenvalue weighted by atomic mass is 32.2. The summed E-state index contributed by atoms with van der Waals surface area (Å²) in [5, 5.41) is 0. The molecule has 46 heavy (non-hydrogen) atoms. The first kappa shape index (κ1) is 38.8. The molecule has 0 aliphatic carbocycles. The van der Waals surface area contributed by atoms with Crippen molar-refractivity contribution in [2.45, 2.75) is 48.3 Å². The van der Waals surface area contributed by atoms with Gasteiger partial charge in [-0.1, -0.05) is 74.5 Å². The van der Waals surface area contributed by atoms with Crippen LogP contribution in [0.25, 0.3) is 0 Å². The molecule has 0 saturated heterocycles. The van der Waals surface area contributed by atoms with Crippen molar-refractivity contribution in [3.05, 3.63) is 120 Å². The number of hydrogen-bond donors (Lipinski definition) is 0. The van der Waals surface area contributed by atoms with E-state index in [1.165, 1.54) is 83.9 Å². The third-order valence-electron chi connectivity index (χ3n) is 7.62. The van der Waals surface area contributed by atoms with E-state index in [1.54, 1.807) is 12.1 Å². The molecule has 4 rings (SSSR count). The van der Waals surface area contributed by atoms with Gasteiger partial charge in [0.05, 0.1) is 52.1 Å². The zero-order valence-electron chi connectivity index (χ0n) is 28.1. The zero-order chi connectivity index (χ0) is 34.8. The summed E-state index contributed by atoms with van der Waals surface area (Å²) in [4.78, 5) is -0.370. The van der Waals surface area contributed by atoms with E-state index in [1.807, 2.05) is 0 Å². The van der Waals surface area contributed by atoms with Crippen LogP contribution < -0.4 is 8.97 Å². The molecular weight excluding hydrogens is 621 g/mol. The Kier molecular flexibility index (Phi) is 13.9. The Balaban J connectivity index is 0.000000299. The highest BCUT2D eigenvalue weighted by Crippen LogP contribution is 2.39. The number of nitrogens with zero attached hydrogens (tertiary/aromatic N) is 2. The molecular formula is C36H48N2O6S2. The van der Waals surface area contributed by atoms with Crippen LogP contribution in [0.15, 0.2) is 119 Å². The van der Waals surface area contributed by atoms with Crippen molar-refractivity contribution in [3.8, 4) is 0 Å². The molecule has 0 radical (unpaired) electrons. The van der Waals surface area contributed by atoms with Crippen molar-refractivity contribution in [1.82, 2.24) is 8.97 Å². The van der Waals surface area contributed by atoms with Crippen LogP contribution in [0, 0.1) is 0 Å². The van der Waals surface area contributed by atoms with Crippen LogP contribution in [0.2, 0.25) is 0 Å². The second-order valence-corrected chi connectivity index (χ2v) is 15.5. The van der Waals surface area contributed by atoms with Gasteiger partial charge >= 0.3 is 0 Å². The van der Waals surface area contributed by atoms with E-state index in [-0.39, 0.29) is 9.79 Å². The summed E-state index contributed by atoms with van der Waals surface area (Å²) >= 11 is 0. The van der Waals surface area contributed by atoms with E-state index in [9.17, 15) is 25.9 Å². The molecule has 0 spiro atoms. The summed E-state index contributed by atoms with van der Waals surface area (Å²) in [6, 6.07) is 32.9. The standard InChI is InChI=1S/C24H38N2.2C6H6O3S/c1-9-23(19-11-15-21(16-12-19)25(3,4)5)24(10-2)20-13-17-22(18-14-20)26(6,7)8;2*7-10(8,9)6-4-2-1-3-5-6/h11-18,23-24H,9-10H2,1-8H3;2*1-5H,(H,7,8,9)/q+2;;/p-2. The summed E-state index contributed by atoms with van der Waals surface area (Å²) in [7, 11) is 4.81. The predicted molar refractivity (Wildman–Crippen MR) is 187 cm³/mol. The molecule has 0 saturated carbocycles. The van der Waals surface area contributed by atoms with Crippen LogP contribution in [0.3, 0.4) is 0 Å². The topological polar surface area (TPSA) is 114 Å². The molecule has 0 bridgehead atoms. The van der Waals surface area contributed by atoms with E-state index < -0.39 is 20.2 Å². The lowest BCUT2D eigenvalue weighted by Crippen LogP contribution is -2.34. The number of rotatable bonds is 9. The lowest BCUT2D eigenvalue weighted by molar-refractivity contribution is 0.461. The zero-order valence-corrected chi connectivity index (χ0v) is 29.8. The second kappa shape index (κ2) is 16.4. The highest BCUT2D eigenvalue weighted by Gasteiger charge is 2.24. The fraction of sp³-hybridized carbons (Fsp3) is 0.333. The fourth-order valence-electron chi connectivity index (χ4n) is 5.02. The van der Waals surface area contributed by atoms with Gasteiger partial charge in [0.25, 0.3) is 0 Å². The minimum atomic E-state index is -4.25. The summed E-state index contributed by atoms with van der Waals surface area (Å²) in [5.74, 6) is 1.13. The van der Waals surface area contributed by atoms with Gasteiger partial charge in [-0.15, -0.1) is 0 Å². The summed E-state index contributed by atoms with van der Waals surface area (Å²) in [6.45, 7) is 4.64. The maximum absolute atomic E-state index is 10.3. The quantitative estimate of drug-likeness (QED) is 0.141. The van der Waals surface area contributed by atoms with Crippen LogP contribution in [0.5, 0.6) is 0 Å². The monoisotopic (exact) mass is 668 g/mol. The van der Waals surface area contributed by atoms with Gasteiger partial charge in [0, 0.05) is 0 Å². The molecule has 2 atom stereocenters. The minimum Gasteiger partial charge on any atom is -0.744 e. The maximum atomic E-state index is 10.3. The summed E-state index contributed by atoms with van der Waals surface area (Å²) in [6.07, 6.45) is 2.33. The van der Waals surface area contributed by atoms with E-state index in [2.05, 4.69) is 105 Å². The molecule has 0 fully saturated rings. The van der Waals surface area contributed by atoms with Gasteiger partial charge in [-0.3, -0.25) is 8.97 Å². The molecule has 0 heterocycles. The molecule has 8 nitrogen and oxygen atoms in total. The number of benzene rings is 4. The Bertz CT molecular complexity index is 1570. The molecule has 2 unspecified atom stereocenters. The normalized spacial score (nSPS) is 13.3. The van der Waals surface area contributed by atoms with Crippen molar-refractivity contribution >= 4 is 31.6 Å². The Morgan fingerprint density at radius 2 is 0.739 bits per heavy atom. The van der Waals surface area contributed by atoms with E-state index in [0.717, 1.165) is 8.97 Å². The lowest BCUT2D eigenvalue weighted by Gasteiger charge is -2.29. The van der Waals surface area contributed by atoms with Crippen molar-refractivity contribution in [2.24, 2.45) is 0 Å². The first-order valence-corrected chi connectivity index (χ1v) is 18.0. The van der Waals surface area contributed by atoms with Crippen LogP contribution in [-0.4, -0.2) is 68.2 Å². The highest BCUT2D eigenvalue weighted by molar-refractivity contribution is 7.86. The van der Waals surface area contributed by atoms with Crippen molar-refractivity contribution < 1.29 is 25.9 Å². The number of hydrogen-bond acceptors (Lipinski definition) is 6. The van der Waals surface area contributed by atoms with Crippen LogP contribution in [0.1, 0.15) is 49.7 Å². The van der Waals surface area contributed by atoms with Crippen LogP contribution >= 0.6 is 0 Å². The average molecular weight is 669 g/mol. The number of quaternary nitrogens is 2. The Hall–Kier alpha value is -3.38. The fourth-order valence-corrected chi connectivity index (χ4v) is 6.00.